The quantitative estimate of drug-likeness (QED) is 0.271. The summed E-state index contributed by atoms with van der Waals surface area (Å²) in [6.45, 7) is 0. The summed E-state index contributed by atoms with van der Waals surface area (Å²) in [4.78, 5) is 0. The van der Waals surface area contributed by atoms with Gasteiger partial charge in [0.15, 0.2) is 0 Å². The van der Waals surface area contributed by atoms with Crippen LogP contribution >= 0.6 is 11.6 Å². The zero-order chi connectivity index (χ0) is 24.1. The lowest BCUT2D eigenvalue weighted by atomic mass is 9.61. The second-order valence-electron chi connectivity index (χ2n) is 9.89. The summed E-state index contributed by atoms with van der Waals surface area (Å²) >= 11 is 6.39. The number of rotatable bonds is 3. The molecule has 0 saturated carbocycles. The molecule has 36 heavy (non-hydrogen) atoms. The minimum absolute atomic E-state index is 0.0920. The van der Waals surface area contributed by atoms with Crippen molar-refractivity contribution >= 4 is 11.6 Å². The molecule has 174 valence electrons. The molecule has 5 aromatic rings. The van der Waals surface area contributed by atoms with E-state index in [1.807, 2.05) is 12.1 Å². The van der Waals surface area contributed by atoms with E-state index in [-0.39, 0.29) is 23.4 Å². The van der Waals surface area contributed by atoms with Crippen LogP contribution in [0.4, 0.5) is 0 Å². The first-order valence-electron chi connectivity index (χ1n) is 12.6. The van der Waals surface area contributed by atoms with Crippen molar-refractivity contribution in [3.05, 3.63) is 166 Å². The average molecular weight is 484 g/mol. The first kappa shape index (κ1) is 21.6. The average Bonchev–Trinajstić information content (AvgIpc) is 3.45. The summed E-state index contributed by atoms with van der Waals surface area (Å²) in [5.74, 6) is 0.159. The molecule has 1 aliphatic carbocycles. The maximum absolute atomic E-state index is 6.39. The Bertz CT molecular complexity index is 1480. The number of nitrogens with one attached hydrogen (secondary N) is 1. The SMILES string of the molecule is Clc1ccc(C2C(c3ccccc3)NC(c3ccccc3)C23c2ccccc2-c2ccccc23)cc1. The van der Waals surface area contributed by atoms with Crippen molar-refractivity contribution in [1.82, 2.24) is 5.32 Å². The number of hydrogen-bond donors (Lipinski definition) is 1. The Balaban J connectivity index is 1.60. The lowest BCUT2D eigenvalue weighted by Gasteiger charge is -2.40. The predicted molar refractivity (Wildman–Crippen MR) is 148 cm³/mol. The van der Waals surface area contributed by atoms with Gasteiger partial charge < -0.3 is 5.32 Å². The van der Waals surface area contributed by atoms with Gasteiger partial charge in [-0.1, -0.05) is 133 Å². The molecule has 5 aromatic carbocycles. The molecule has 1 saturated heterocycles. The third kappa shape index (κ3) is 3.07. The van der Waals surface area contributed by atoms with E-state index < -0.39 is 0 Å². The molecule has 1 N–H and O–H groups in total. The van der Waals surface area contributed by atoms with Gasteiger partial charge in [0, 0.05) is 28.4 Å². The van der Waals surface area contributed by atoms with Crippen LogP contribution in [0.2, 0.25) is 5.02 Å². The molecule has 2 aliphatic rings. The minimum atomic E-state index is -0.289. The van der Waals surface area contributed by atoms with Gasteiger partial charge in [-0.3, -0.25) is 0 Å². The van der Waals surface area contributed by atoms with Crippen LogP contribution in [0.15, 0.2) is 133 Å². The van der Waals surface area contributed by atoms with Crippen molar-refractivity contribution in [2.75, 3.05) is 0 Å². The molecule has 1 aliphatic heterocycles. The summed E-state index contributed by atoms with van der Waals surface area (Å²) < 4.78 is 0. The number of fused-ring (bicyclic) bond motifs is 5. The fourth-order valence-electron chi connectivity index (χ4n) is 6.88. The van der Waals surface area contributed by atoms with E-state index in [0.717, 1.165) is 5.02 Å². The lowest BCUT2D eigenvalue weighted by Crippen LogP contribution is -2.36. The van der Waals surface area contributed by atoms with Crippen LogP contribution in [0.5, 0.6) is 0 Å². The van der Waals surface area contributed by atoms with Crippen LogP contribution in [0.25, 0.3) is 11.1 Å². The van der Waals surface area contributed by atoms with E-state index in [1.165, 1.54) is 38.9 Å². The van der Waals surface area contributed by atoms with Gasteiger partial charge >= 0.3 is 0 Å². The van der Waals surface area contributed by atoms with Gasteiger partial charge in [-0.2, -0.15) is 0 Å². The standard InChI is InChI=1S/C34H26ClN/c35-26-21-19-23(20-22-26)31-32(24-11-3-1-4-12-24)36-33(25-13-5-2-6-14-25)34(31)29-17-9-7-15-27(29)28-16-8-10-18-30(28)34/h1-22,31-33,36H. The third-order valence-corrected chi connectivity index (χ3v) is 8.43. The van der Waals surface area contributed by atoms with Gasteiger partial charge in [0.05, 0.1) is 0 Å². The monoisotopic (exact) mass is 483 g/mol. The van der Waals surface area contributed by atoms with Crippen molar-refractivity contribution in [3.8, 4) is 11.1 Å². The van der Waals surface area contributed by atoms with Crippen molar-refractivity contribution in [1.29, 1.82) is 0 Å². The van der Waals surface area contributed by atoms with E-state index in [1.54, 1.807) is 0 Å². The van der Waals surface area contributed by atoms with Crippen LogP contribution in [-0.4, -0.2) is 0 Å². The molecule has 0 aromatic heterocycles. The highest BCUT2D eigenvalue weighted by Crippen LogP contribution is 2.67. The van der Waals surface area contributed by atoms with Crippen LogP contribution in [-0.2, 0) is 5.41 Å². The van der Waals surface area contributed by atoms with Gasteiger partial charge in [0.25, 0.3) is 0 Å². The van der Waals surface area contributed by atoms with E-state index in [2.05, 4.69) is 127 Å². The largest absolute Gasteiger partial charge is 0.301 e. The molecule has 3 unspecified atom stereocenters. The maximum Gasteiger partial charge on any atom is 0.0496 e. The molecule has 0 amide bonds. The van der Waals surface area contributed by atoms with Gasteiger partial charge in [-0.25, -0.2) is 0 Å². The van der Waals surface area contributed by atoms with Crippen molar-refractivity contribution in [3.63, 3.8) is 0 Å². The summed E-state index contributed by atoms with van der Waals surface area (Å²) in [5, 5.41) is 4.93. The molecule has 1 heterocycles. The topological polar surface area (TPSA) is 12.0 Å². The highest BCUT2D eigenvalue weighted by molar-refractivity contribution is 6.30. The number of hydrogen-bond acceptors (Lipinski definition) is 1. The highest BCUT2D eigenvalue weighted by Gasteiger charge is 2.61. The number of benzene rings is 5. The van der Waals surface area contributed by atoms with Gasteiger partial charge in [0.2, 0.25) is 0 Å². The summed E-state index contributed by atoms with van der Waals surface area (Å²) in [5.41, 5.74) is 9.08. The lowest BCUT2D eigenvalue weighted by molar-refractivity contribution is 0.420. The van der Waals surface area contributed by atoms with Crippen molar-refractivity contribution in [2.24, 2.45) is 0 Å². The summed E-state index contributed by atoms with van der Waals surface area (Å²) in [7, 11) is 0. The molecular formula is C34H26ClN. The zero-order valence-corrected chi connectivity index (χ0v) is 20.6. The molecular weight excluding hydrogens is 458 g/mol. The number of halogens is 1. The molecule has 2 heteroatoms. The molecule has 3 atom stereocenters. The van der Waals surface area contributed by atoms with Gasteiger partial charge in [0.1, 0.15) is 0 Å². The smallest absolute Gasteiger partial charge is 0.0496 e. The molecule has 1 nitrogen and oxygen atoms in total. The fraction of sp³-hybridized carbons (Fsp3) is 0.118. The Morgan fingerprint density at radius 2 is 1.00 bits per heavy atom. The van der Waals surface area contributed by atoms with E-state index in [0.29, 0.717) is 0 Å². The zero-order valence-electron chi connectivity index (χ0n) is 19.8. The maximum atomic E-state index is 6.39. The van der Waals surface area contributed by atoms with Crippen LogP contribution in [0.3, 0.4) is 0 Å². The molecule has 7 rings (SSSR count). The van der Waals surface area contributed by atoms with E-state index >= 15 is 0 Å². The van der Waals surface area contributed by atoms with Crippen molar-refractivity contribution < 1.29 is 0 Å². The Morgan fingerprint density at radius 1 is 0.500 bits per heavy atom. The normalized spacial score (nSPS) is 21.3. The van der Waals surface area contributed by atoms with E-state index in [9.17, 15) is 0 Å². The Kier molecular flexibility index (Phi) is 5.09. The first-order valence-corrected chi connectivity index (χ1v) is 13.0. The van der Waals surface area contributed by atoms with E-state index in [4.69, 9.17) is 11.6 Å². The Morgan fingerprint density at radius 3 is 1.58 bits per heavy atom. The third-order valence-electron chi connectivity index (χ3n) is 8.18. The second kappa shape index (κ2) is 8.48. The Hall–Kier alpha value is -3.65. The van der Waals surface area contributed by atoms with Crippen LogP contribution < -0.4 is 5.32 Å². The molecule has 1 fully saturated rings. The summed E-state index contributed by atoms with van der Waals surface area (Å²) in [6.07, 6.45) is 0. The summed E-state index contributed by atoms with van der Waals surface area (Å²) in [6, 6.07) is 48.6. The predicted octanol–water partition coefficient (Wildman–Crippen LogP) is 8.48. The molecule has 1 spiro atoms. The first-order chi connectivity index (χ1) is 17.8. The Labute approximate surface area is 217 Å². The minimum Gasteiger partial charge on any atom is -0.301 e. The van der Waals surface area contributed by atoms with Crippen LogP contribution in [0.1, 0.15) is 45.8 Å². The van der Waals surface area contributed by atoms with Gasteiger partial charge in [-0.05, 0) is 51.1 Å². The van der Waals surface area contributed by atoms with Crippen molar-refractivity contribution in [2.45, 2.75) is 23.4 Å². The molecule has 0 bridgehead atoms. The molecule has 0 radical (unpaired) electrons. The highest BCUT2D eigenvalue weighted by atomic mass is 35.5. The van der Waals surface area contributed by atoms with Crippen LogP contribution in [0, 0.1) is 0 Å². The van der Waals surface area contributed by atoms with Gasteiger partial charge in [-0.15, -0.1) is 0 Å². The second-order valence-corrected chi connectivity index (χ2v) is 10.3. The fourth-order valence-corrected chi connectivity index (χ4v) is 7.00.